The highest BCUT2D eigenvalue weighted by atomic mass is 35.5. The van der Waals surface area contributed by atoms with Gasteiger partial charge in [-0.1, -0.05) is 23.2 Å². The summed E-state index contributed by atoms with van der Waals surface area (Å²) in [6, 6.07) is 8.52. The molecule has 2 aromatic rings. The number of nitrogens with one attached hydrogen (secondary N) is 1. The van der Waals surface area contributed by atoms with Crippen LogP contribution in [0.2, 0.25) is 10.0 Å². The van der Waals surface area contributed by atoms with Crippen LogP contribution in [0.4, 0.5) is 11.4 Å². The van der Waals surface area contributed by atoms with Crippen LogP contribution in [0.25, 0.3) is 6.08 Å². The van der Waals surface area contributed by atoms with E-state index in [1.807, 2.05) is 6.92 Å². The zero-order valence-electron chi connectivity index (χ0n) is 16.7. The fraction of sp³-hybridized carbons (Fsp3) is 0.273. The number of carbonyl (C=O) groups excluding carboxylic acids is 2. The molecule has 0 atom stereocenters. The highest BCUT2D eigenvalue weighted by Gasteiger charge is 2.23. The van der Waals surface area contributed by atoms with Crippen molar-refractivity contribution in [3.05, 3.63) is 52.0 Å². The molecule has 1 fully saturated rings. The van der Waals surface area contributed by atoms with E-state index in [4.69, 9.17) is 32.7 Å². The maximum atomic E-state index is 12.3. The first-order valence-electron chi connectivity index (χ1n) is 9.52. The molecule has 1 aliphatic heterocycles. The molecule has 0 unspecified atom stereocenters. The summed E-state index contributed by atoms with van der Waals surface area (Å²) in [6.07, 6.45) is 4.36. The van der Waals surface area contributed by atoms with Gasteiger partial charge < -0.3 is 19.7 Å². The van der Waals surface area contributed by atoms with E-state index in [9.17, 15) is 9.59 Å². The zero-order valence-corrected chi connectivity index (χ0v) is 18.2. The Morgan fingerprint density at radius 1 is 1.23 bits per heavy atom. The van der Waals surface area contributed by atoms with Gasteiger partial charge in [-0.25, -0.2) is 0 Å². The van der Waals surface area contributed by atoms with Crippen molar-refractivity contribution in [2.45, 2.75) is 19.8 Å². The standard InChI is InChI=1S/C22H22Cl2N2O4/c1-3-30-19-12-14(11-17(24)22(19)29-2)6-9-20(27)25-15-7-8-18(16(23)13-15)26-10-4-5-21(26)28/h6-9,11-13H,3-5,10H2,1-2H3,(H,25,27)/b9-6+. The summed E-state index contributed by atoms with van der Waals surface area (Å²) in [5.41, 5.74) is 1.89. The average molecular weight is 449 g/mol. The second kappa shape index (κ2) is 9.87. The summed E-state index contributed by atoms with van der Waals surface area (Å²) in [5, 5.41) is 3.56. The number of nitrogens with zero attached hydrogens (tertiary/aromatic N) is 1. The monoisotopic (exact) mass is 448 g/mol. The van der Waals surface area contributed by atoms with Crippen LogP contribution in [0.1, 0.15) is 25.3 Å². The smallest absolute Gasteiger partial charge is 0.248 e. The third kappa shape index (κ3) is 5.07. The van der Waals surface area contributed by atoms with Gasteiger partial charge in [0.15, 0.2) is 11.5 Å². The van der Waals surface area contributed by atoms with Crippen molar-refractivity contribution in [2.24, 2.45) is 0 Å². The van der Waals surface area contributed by atoms with Gasteiger partial charge in [0.2, 0.25) is 11.8 Å². The van der Waals surface area contributed by atoms with Gasteiger partial charge in [-0.05, 0) is 55.3 Å². The Morgan fingerprint density at radius 3 is 2.67 bits per heavy atom. The number of halogens is 2. The lowest BCUT2D eigenvalue weighted by Gasteiger charge is -2.17. The van der Waals surface area contributed by atoms with E-state index < -0.39 is 0 Å². The molecule has 1 aliphatic rings. The molecule has 0 saturated carbocycles. The first-order valence-corrected chi connectivity index (χ1v) is 10.3. The summed E-state index contributed by atoms with van der Waals surface area (Å²) in [5.74, 6) is 0.680. The lowest BCUT2D eigenvalue weighted by atomic mass is 10.2. The zero-order chi connectivity index (χ0) is 21.7. The second-order valence-electron chi connectivity index (χ2n) is 6.60. The Labute approximate surface area is 185 Å². The molecule has 0 bridgehead atoms. The molecule has 8 heteroatoms. The van der Waals surface area contributed by atoms with Crippen LogP contribution < -0.4 is 19.7 Å². The molecular weight excluding hydrogens is 427 g/mol. The molecule has 158 valence electrons. The van der Waals surface area contributed by atoms with Crippen molar-refractivity contribution < 1.29 is 19.1 Å². The Bertz CT molecular complexity index is 991. The Morgan fingerprint density at radius 2 is 2.03 bits per heavy atom. The average Bonchev–Trinajstić information content (AvgIpc) is 3.12. The molecule has 0 spiro atoms. The van der Waals surface area contributed by atoms with E-state index in [-0.39, 0.29) is 11.8 Å². The molecule has 6 nitrogen and oxygen atoms in total. The number of ether oxygens (including phenoxy) is 2. The van der Waals surface area contributed by atoms with Gasteiger partial charge in [0.25, 0.3) is 0 Å². The van der Waals surface area contributed by atoms with E-state index in [1.165, 1.54) is 13.2 Å². The van der Waals surface area contributed by atoms with E-state index >= 15 is 0 Å². The van der Waals surface area contributed by atoms with E-state index in [0.717, 1.165) is 6.42 Å². The third-order valence-corrected chi connectivity index (χ3v) is 5.13. The number of hydrogen-bond acceptors (Lipinski definition) is 4. The van der Waals surface area contributed by atoms with Crippen molar-refractivity contribution in [2.75, 3.05) is 30.5 Å². The van der Waals surface area contributed by atoms with Gasteiger partial charge in [0.05, 0.1) is 29.4 Å². The molecule has 3 rings (SSSR count). The number of carbonyl (C=O) groups is 2. The molecule has 0 radical (unpaired) electrons. The lowest BCUT2D eigenvalue weighted by Crippen LogP contribution is -2.24. The number of methoxy groups -OCH3 is 1. The number of rotatable bonds is 7. The van der Waals surface area contributed by atoms with E-state index in [0.29, 0.717) is 58.1 Å². The summed E-state index contributed by atoms with van der Waals surface area (Å²) in [7, 11) is 1.52. The maximum Gasteiger partial charge on any atom is 0.248 e. The number of hydrogen-bond donors (Lipinski definition) is 1. The van der Waals surface area contributed by atoms with E-state index in [1.54, 1.807) is 41.3 Å². The van der Waals surface area contributed by atoms with Gasteiger partial charge in [-0.2, -0.15) is 0 Å². The van der Waals surface area contributed by atoms with Gasteiger partial charge in [0.1, 0.15) is 0 Å². The highest BCUT2D eigenvalue weighted by molar-refractivity contribution is 6.34. The predicted octanol–water partition coefficient (Wildman–Crippen LogP) is 5.18. The first-order chi connectivity index (χ1) is 14.4. The molecule has 1 saturated heterocycles. The number of anilines is 2. The Balaban J connectivity index is 1.70. The normalized spacial score (nSPS) is 13.7. The van der Waals surface area contributed by atoms with Crippen LogP contribution in [-0.4, -0.2) is 32.1 Å². The SMILES string of the molecule is CCOc1cc(/C=C/C(=O)Nc2ccc(N3CCCC3=O)c(Cl)c2)cc(Cl)c1OC. The number of benzene rings is 2. The van der Waals surface area contributed by atoms with Crippen LogP contribution >= 0.6 is 23.2 Å². The van der Waals surface area contributed by atoms with Gasteiger partial charge in [0, 0.05) is 24.7 Å². The topological polar surface area (TPSA) is 67.9 Å². The van der Waals surface area contributed by atoms with Crippen LogP contribution in [0, 0.1) is 0 Å². The molecule has 30 heavy (non-hydrogen) atoms. The summed E-state index contributed by atoms with van der Waals surface area (Å²) in [4.78, 5) is 25.9. The van der Waals surface area contributed by atoms with Crippen molar-refractivity contribution in [3.63, 3.8) is 0 Å². The minimum absolute atomic E-state index is 0.0567. The summed E-state index contributed by atoms with van der Waals surface area (Å²) in [6.45, 7) is 2.97. The predicted molar refractivity (Wildman–Crippen MR) is 120 cm³/mol. The largest absolute Gasteiger partial charge is 0.491 e. The van der Waals surface area contributed by atoms with Gasteiger partial charge >= 0.3 is 0 Å². The lowest BCUT2D eigenvalue weighted by molar-refractivity contribution is -0.117. The Kier molecular flexibility index (Phi) is 7.24. The van der Waals surface area contributed by atoms with Gasteiger partial charge in [-0.3, -0.25) is 9.59 Å². The molecule has 1 N–H and O–H groups in total. The summed E-state index contributed by atoms with van der Waals surface area (Å²) >= 11 is 12.6. The second-order valence-corrected chi connectivity index (χ2v) is 7.42. The number of amides is 2. The van der Waals surface area contributed by atoms with Crippen LogP contribution in [0.3, 0.4) is 0 Å². The minimum Gasteiger partial charge on any atom is -0.491 e. The van der Waals surface area contributed by atoms with Crippen molar-refractivity contribution in [3.8, 4) is 11.5 Å². The molecule has 2 amide bonds. The van der Waals surface area contributed by atoms with Crippen LogP contribution in [0.15, 0.2) is 36.4 Å². The quantitative estimate of drug-likeness (QED) is 0.592. The summed E-state index contributed by atoms with van der Waals surface area (Å²) < 4.78 is 10.8. The first kappa shape index (κ1) is 22.0. The third-order valence-electron chi connectivity index (χ3n) is 4.54. The minimum atomic E-state index is -0.332. The Hall–Kier alpha value is -2.70. The van der Waals surface area contributed by atoms with E-state index in [2.05, 4.69) is 5.32 Å². The molecule has 1 heterocycles. The van der Waals surface area contributed by atoms with Crippen molar-refractivity contribution in [1.29, 1.82) is 0 Å². The van der Waals surface area contributed by atoms with Crippen molar-refractivity contribution >= 4 is 52.5 Å². The maximum absolute atomic E-state index is 12.3. The highest BCUT2D eigenvalue weighted by Crippen LogP contribution is 2.36. The molecule has 0 aromatic heterocycles. The van der Waals surface area contributed by atoms with Crippen molar-refractivity contribution in [1.82, 2.24) is 0 Å². The fourth-order valence-electron chi connectivity index (χ4n) is 3.21. The molecule has 2 aromatic carbocycles. The van der Waals surface area contributed by atoms with Crippen LogP contribution in [0.5, 0.6) is 11.5 Å². The molecular formula is C22H22Cl2N2O4. The van der Waals surface area contributed by atoms with Crippen LogP contribution in [-0.2, 0) is 9.59 Å². The molecule has 0 aliphatic carbocycles. The van der Waals surface area contributed by atoms with Gasteiger partial charge in [-0.15, -0.1) is 0 Å². The fourth-order valence-corrected chi connectivity index (χ4v) is 3.79.